The third kappa shape index (κ3) is 2.59. The van der Waals surface area contributed by atoms with Gasteiger partial charge in [-0.25, -0.2) is 0 Å². The quantitative estimate of drug-likeness (QED) is 0.683. The summed E-state index contributed by atoms with van der Waals surface area (Å²) in [6.07, 6.45) is 1.63. The van der Waals surface area contributed by atoms with E-state index < -0.39 is 0 Å². The van der Waals surface area contributed by atoms with Crippen LogP contribution in [0, 0.1) is 0 Å². The lowest BCUT2D eigenvalue weighted by molar-refractivity contribution is 0.572. The minimum atomic E-state index is 0.713. The van der Waals surface area contributed by atoms with Gasteiger partial charge in [0.2, 0.25) is 0 Å². The molecule has 0 N–H and O–H groups in total. The van der Waals surface area contributed by atoms with Crippen molar-refractivity contribution in [1.82, 2.24) is 14.8 Å². The van der Waals surface area contributed by atoms with Crippen LogP contribution in [0.15, 0.2) is 52.2 Å². The zero-order valence-electron chi connectivity index (χ0n) is 10.8. The summed E-state index contributed by atoms with van der Waals surface area (Å²) in [5, 5.41) is 9.95. The van der Waals surface area contributed by atoms with E-state index in [0.29, 0.717) is 5.76 Å². The normalized spacial score (nSPS) is 10.9. The first-order chi connectivity index (χ1) is 9.75. The first-order valence-corrected chi connectivity index (χ1v) is 7.41. The van der Waals surface area contributed by atoms with Gasteiger partial charge < -0.3 is 8.98 Å². The molecule has 0 aliphatic rings. The fraction of sp³-hybridized carbons (Fsp3) is 0.143. The van der Waals surface area contributed by atoms with E-state index in [2.05, 4.69) is 10.2 Å². The second-order valence-corrected chi connectivity index (χ2v) is 5.57. The average Bonchev–Trinajstić information content (AvgIpc) is 3.08. The molecule has 0 spiro atoms. The molecule has 0 aliphatic heterocycles. The molecule has 6 heteroatoms. The number of rotatable bonds is 4. The Morgan fingerprint density at radius 3 is 2.80 bits per heavy atom. The van der Waals surface area contributed by atoms with Gasteiger partial charge in [-0.1, -0.05) is 41.6 Å². The highest BCUT2D eigenvalue weighted by Gasteiger charge is 2.13. The molecule has 4 nitrogen and oxygen atoms in total. The topological polar surface area (TPSA) is 43.9 Å². The molecule has 0 atom stereocenters. The molecule has 0 fully saturated rings. The molecule has 102 valence electrons. The van der Waals surface area contributed by atoms with Crippen molar-refractivity contribution >= 4 is 23.4 Å². The SMILES string of the molecule is Cn1c(SCc2ccccc2Cl)nnc1-c1ccco1. The summed E-state index contributed by atoms with van der Waals surface area (Å²) < 4.78 is 7.26. The Morgan fingerprint density at radius 2 is 2.05 bits per heavy atom. The van der Waals surface area contributed by atoms with Gasteiger partial charge in [-0.15, -0.1) is 10.2 Å². The van der Waals surface area contributed by atoms with E-state index in [-0.39, 0.29) is 0 Å². The van der Waals surface area contributed by atoms with Crippen molar-refractivity contribution in [3.05, 3.63) is 53.2 Å². The molecule has 0 amide bonds. The molecule has 0 unspecified atom stereocenters. The second-order valence-electron chi connectivity index (χ2n) is 4.22. The molecular formula is C14H12ClN3OS. The number of halogens is 1. The summed E-state index contributed by atoms with van der Waals surface area (Å²) >= 11 is 7.74. The van der Waals surface area contributed by atoms with Gasteiger partial charge in [0.1, 0.15) is 0 Å². The number of hydrogen-bond donors (Lipinski definition) is 0. The molecule has 3 rings (SSSR count). The van der Waals surface area contributed by atoms with Gasteiger partial charge in [-0.3, -0.25) is 0 Å². The van der Waals surface area contributed by atoms with E-state index >= 15 is 0 Å². The minimum absolute atomic E-state index is 0.713. The van der Waals surface area contributed by atoms with E-state index in [4.69, 9.17) is 16.0 Å². The molecule has 2 heterocycles. The fourth-order valence-corrected chi connectivity index (χ4v) is 3.02. The van der Waals surface area contributed by atoms with Crippen molar-refractivity contribution in [3.63, 3.8) is 0 Å². The van der Waals surface area contributed by atoms with E-state index in [1.165, 1.54) is 0 Å². The van der Waals surface area contributed by atoms with Gasteiger partial charge in [-0.2, -0.15) is 0 Å². The average molecular weight is 306 g/mol. The Hall–Kier alpha value is -1.72. The van der Waals surface area contributed by atoms with Crippen molar-refractivity contribution in [2.45, 2.75) is 10.9 Å². The third-order valence-electron chi connectivity index (χ3n) is 2.89. The van der Waals surface area contributed by atoms with Crippen LogP contribution < -0.4 is 0 Å². The van der Waals surface area contributed by atoms with E-state index in [1.807, 2.05) is 48.0 Å². The van der Waals surface area contributed by atoms with E-state index in [1.54, 1.807) is 18.0 Å². The van der Waals surface area contributed by atoms with Crippen LogP contribution in [0.2, 0.25) is 5.02 Å². The Kier molecular flexibility index (Phi) is 3.80. The van der Waals surface area contributed by atoms with Crippen LogP contribution in [0.1, 0.15) is 5.56 Å². The van der Waals surface area contributed by atoms with Crippen molar-refractivity contribution in [3.8, 4) is 11.6 Å². The van der Waals surface area contributed by atoms with Crippen LogP contribution in [-0.2, 0) is 12.8 Å². The van der Waals surface area contributed by atoms with Crippen LogP contribution in [-0.4, -0.2) is 14.8 Å². The predicted octanol–water partition coefficient (Wildman–Crippen LogP) is 4.02. The van der Waals surface area contributed by atoms with Gasteiger partial charge >= 0.3 is 0 Å². The van der Waals surface area contributed by atoms with Crippen molar-refractivity contribution in [2.75, 3.05) is 0 Å². The summed E-state index contributed by atoms with van der Waals surface area (Å²) in [6.45, 7) is 0. The highest BCUT2D eigenvalue weighted by molar-refractivity contribution is 7.98. The highest BCUT2D eigenvalue weighted by atomic mass is 35.5. The number of thioether (sulfide) groups is 1. The van der Waals surface area contributed by atoms with Gasteiger partial charge in [-0.05, 0) is 23.8 Å². The van der Waals surface area contributed by atoms with Crippen LogP contribution in [0.5, 0.6) is 0 Å². The zero-order valence-corrected chi connectivity index (χ0v) is 12.4. The molecule has 0 bridgehead atoms. The van der Waals surface area contributed by atoms with Gasteiger partial charge in [0, 0.05) is 17.8 Å². The number of benzene rings is 1. The summed E-state index contributed by atoms with van der Waals surface area (Å²) in [5.74, 6) is 2.19. The minimum Gasteiger partial charge on any atom is -0.461 e. The van der Waals surface area contributed by atoms with Crippen molar-refractivity contribution in [1.29, 1.82) is 0 Å². The third-order valence-corrected chi connectivity index (χ3v) is 4.33. The van der Waals surface area contributed by atoms with Gasteiger partial charge in [0.05, 0.1) is 6.26 Å². The number of furan rings is 1. The molecule has 0 saturated carbocycles. The molecule has 0 saturated heterocycles. The van der Waals surface area contributed by atoms with E-state index in [0.717, 1.165) is 27.3 Å². The van der Waals surface area contributed by atoms with Gasteiger partial charge in [0.15, 0.2) is 16.7 Å². The van der Waals surface area contributed by atoms with Crippen molar-refractivity contribution in [2.24, 2.45) is 7.05 Å². The summed E-state index contributed by atoms with van der Waals surface area (Å²) in [4.78, 5) is 0. The standard InChI is InChI=1S/C14H12ClN3OS/c1-18-13(12-7-4-8-19-12)16-17-14(18)20-9-10-5-2-3-6-11(10)15/h2-8H,9H2,1H3. The Balaban J connectivity index is 1.78. The van der Waals surface area contributed by atoms with Crippen LogP contribution in [0.25, 0.3) is 11.6 Å². The van der Waals surface area contributed by atoms with Crippen LogP contribution in [0.3, 0.4) is 0 Å². The second kappa shape index (κ2) is 5.73. The molecule has 0 radical (unpaired) electrons. The lowest BCUT2D eigenvalue weighted by Crippen LogP contribution is -1.94. The maximum Gasteiger partial charge on any atom is 0.200 e. The Bertz CT molecular complexity index is 709. The zero-order chi connectivity index (χ0) is 13.9. The molecule has 20 heavy (non-hydrogen) atoms. The lowest BCUT2D eigenvalue weighted by Gasteiger charge is -2.04. The fourth-order valence-electron chi connectivity index (χ4n) is 1.82. The molecule has 1 aromatic carbocycles. The lowest BCUT2D eigenvalue weighted by atomic mass is 10.2. The number of nitrogens with zero attached hydrogens (tertiary/aromatic N) is 3. The summed E-state index contributed by atoms with van der Waals surface area (Å²) in [6, 6.07) is 11.5. The molecule has 3 aromatic rings. The number of hydrogen-bond acceptors (Lipinski definition) is 4. The Morgan fingerprint density at radius 1 is 1.20 bits per heavy atom. The smallest absolute Gasteiger partial charge is 0.200 e. The maximum absolute atomic E-state index is 6.15. The van der Waals surface area contributed by atoms with Crippen molar-refractivity contribution < 1.29 is 4.42 Å². The Labute approximate surface area is 125 Å². The highest BCUT2D eigenvalue weighted by Crippen LogP contribution is 2.27. The van der Waals surface area contributed by atoms with Gasteiger partial charge in [0.25, 0.3) is 0 Å². The summed E-state index contributed by atoms with van der Waals surface area (Å²) in [7, 11) is 1.92. The predicted molar refractivity (Wildman–Crippen MR) is 79.7 cm³/mol. The summed E-state index contributed by atoms with van der Waals surface area (Å²) in [5.41, 5.74) is 1.08. The van der Waals surface area contributed by atoms with E-state index in [9.17, 15) is 0 Å². The first-order valence-electron chi connectivity index (χ1n) is 6.05. The molecule has 0 aliphatic carbocycles. The molecule has 2 aromatic heterocycles. The molecular weight excluding hydrogens is 294 g/mol. The maximum atomic E-state index is 6.15. The van der Waals surface area contributed by atoms with Crippen LogP contribution >= 0.6 is 23.4 Å². The largest absolute Gasteiger partial charge is 0.461 e. The first kappa shape index (κ1) is 13.3. The number of aromatic nitrogens is 3. The van der Waals surface area contributed by atoms with Crippen LogP contribution in [0.4, 0.5) is 0 Å². The monoisotopic (exact) mass is 305 g/mol.